The van der Waals surface area contributed by atoms with Crippen molar-refractivity contribution in [1.29, 1.82) is 0 Å². The van der Waals surface area contributed by atoms with Crippen LogP contribution in [-0.4, -0.2) is 23.2 Å². The third kappa shape index (κ3) is 4.32. The van der Waals surface area contributed by atoms with Crippen LogP contribution in [0.5, 0.6) is 0 Å². The molecule has 0 aliphatic heterocycles. The highest BCUT2D eigenvalue weighted by Gasteiger charge is 2.22. The van der Waals surface area contributed by atoms with Crippen LogP contribution in [0.3, 0.4) is 0 Å². The summed E-state index contributed by atoms with van der Waals surface area (Å²) in [5, 5.41) is 10.3. The van der Waals surface area contributed by atoms with Gasteiger partial charge >= 0.3 is 5.97 Å². The quantitative estimate of drug-likeness (QED) is 0.363. The van der Waals surface area contributed by atoms with E-state index in [1.807, 2.05) is 0 Å². The smallest absolute Gasteiger partial charge is 0.336 e. The molecular weight excluding hydrogens is 278 g/mol. The standard InChI is InChI=1S/C15H20ClNO3/c1-4-5-6-7-11-8-12(14(16)17-9-11)13(18)10(2)15(19)20-3/h8-9,13,18H,2,4-7H2,1,3H3. The molecule has 0 aliphatic rings. The van der Waals surface area contributed by atoms with Gasteiger partial charge in [-0.1, -0.05) is 37.9 Å². The summed E-state index contributed by atoms with van der Waals surface area (Å²) >= 11 is 5.98. The molecule has 0 aliphatic carbocycles. The molecule has 0 aromatic carbocycles. The number of hydrogen-bond donors (Lipinski definition) is 1. The van der Waals surface area contributed by atoms with E-state index in [1.165, 1.54) is 7.11 Å². The van der Waals surface area contributed by atoms with Gasteiger partial charge < -0.3 is 9.84 Å². The van der Waals surface area contributed by atoms with Crippen molar-refractivity contribution < 1.29 is 14.6 Å². The Morgan fingerprint density at radius 1 is 1.55 bits per heavy atom. The minimum atomic E-state index is -1.20. The van der Waals surface area contributed by atoms with Gasteiger partial charge in [0.2, 0.25) is 0 Å². The molecule has 0 saturated carbocycles. The number of aliphatic hydroxyl groups is 1. The number of halogens is 1. The fraction of sp³-hybridized carbons (Fsp3) is 0.467. The maximum atomic E-state index is 11.4. The summed E-state index contributed by atoms with van der Waals surface area (Å²) < 4.78 is 4.54. The van der Waals surface area contributed by atoms with Gasteiger partial charge in [-0.05, 0) is 24.5 Å². The molecule has 0 fully saturated rings. The van der Waals surface area contributed by atoms with Gasteiger partial charge in [0.05, 0.1) is 12.7 Å². The van der Waals surface area contributed by atoms with Crippen LogP contribution >= 0.6 is 11.6 Å². The van der Waals surface area contributed by atoms with Crippen molar-refractivity contribution in [1.82, 2.24) is 4.98 Å². The van der Waals surface area contributed by atoms with E-state index in [4.69, 9.17) is 11.6 Å². The highest BCUT2D eigenvalue weighted by atomic mass is 35.5. The van der Waals surface area contributed by atoms with Crippen molar-refractivity contribution in [3.8, 4) is 0 Å². The summed E-state index contributed by atoms with van der Waals surface area (Å²) in [5.41, 5.74) is 1.31. The lowest BCUT2D eigenvalue weighted by Gasteiger charge is -2.14. The molecule has 0 saturated heterocycles. The van der Waals surface area contributed by atoms with E-state index < -0.39 is 12.1 Å². The van der Waals surface area contributed by atoms with Gasteiger partial charge in [-0.25, -0.2) is 9.78 Å². The van der Waals surface area contributed by atoms with Crippen LogP contribution in [0.15, 0.2) is 24.4 Å². The number of hydrogen-bond acceptors (Lipinski definition) is 4. The Morgan fingerprint density at radius 3 is 2.85 bits per heavy atom. The minimum Gasteiger partial charge on any atom is -0.466 e. The number of pyridine rings is 1. The molecule has 1 heterocycles. The first-order valence-corrected chi connectivity index (χ1v) is 6.98. The normalized spacial score (nSPS) is 12.0. The van der Waals surface area contributed by atoms with Crippen LogP contribution in [0.1, 0.15) is 43.4 Å². The first kappa shape index (κ1) is 16.7. The van der Waals surface area contributed by atoms with Crippen LogP contribution in [-0.2, 0) is 16.0 Å². The van der Waals surface area contributed by atoms with Gasteiger partial charge in [-0.2, -0.15) is 0 Å². The second kappa shape index (κ2) is 8.02. The Balaban J connectivity index is 2.90. The summed E-state index contributed by atoms with van der Waals surface area (Å²) in [5.74, 6) is -0.662. The van der Waals surface area contributed by atoms with E-state index in [0.717, 1.165) is 31.2 Å². The number of rotatable bonds is 7. The SMILES string of the molecule is C=C(C(=O)OC)C(O)c1cc(CCCCC)cnc1Cl. The van der Waals surface area contributed by atoms with Crippen molar-refractivity contribution in [3.05, 3.63) is 40.7 Å². The number of aliphatic hydroxyl groups excluding tert-OH is 1. The van der Waals surface area contributed by atoms with Crippen molar-refractivity contribution in [2.24, 2.45) is 0 Å². The number of carbonyl (C=O) groups is 1. The maximum absolute atomic E-state index is 11.4. The molecule has 1 unspecified atom stereocenters. The van der Waals surface area contributed by atoms with E-state index in [0.29, 0.717) is 5.56 Å². The molecule has 5 heteroatoms. The van der Waals surface area contributed by atoms with Crippen LogP contribution in [0.4, 0.5) is 0 Å². The number of aryl methyl sites for hydroxylation is 1. The van der Waals surface area contributed by atoms with Gasteiger partial charge in [0.15, 0.2) is 0 Å². The average molecular weight is 298 g/mol. The minimum absolute atomic E-state index is 0.0538. The van der Waals surface area contributed by atoms with E-state index in [9.17, 15) is 9.90 Å². The van der Waals surface area contributed by atoms with E-state index >= 15 is 0 Å². The predicted octanol–water partition coefficient (Wildman–Crippen LogP) is 3.23. The summed E-state index contributed by atoms with van der Waals surface area (Å²) in [6, 6.07) is 1.77. The molecule has 0 amide bonds. The molecule has 1 rings (SSSR count). The third-order valence-electron chi connectivity index (χ3n) is 3.06. The number of methoxy groups -OCH3 is 1. The van der Waals surface area contributed by atoms with Gasteiger partial charge in [0.25, 0.3) is 0 Å². The van der Waals surface area contributed by atoms with Crippen molar-refractivity contribution in [3.63, 3.8) is 0 Å². The third-order valence-corrected chi connectivity index (χ3v) is 3.38. The molecule has 0 radical (unpaired) electrons. The zero-order valence-electron chi connectivity index (χ0n) is 11.9. The topological polar surface area (TPSA) is 59.4 Å². The second-order valence-electron chi connectivity index (χ2n) is 4.60. The van der Waals surface area contributed by atoms with Crippen molar-refractivity contribution >= 4 is 17.6 Å². The molecule has 1 aromatic heterocycles. The summed E-state index contributed by atoms with van der Waals surface area (Å²) in [6.07, 6.45) is 4.67. The molecular formula is C15H20ClNO3. The predicted molar refractivity (Wildman–Crippen MR) is 78.6 cm³/mol. The fourth-order valence-corrected chi connectivity index (χ4v) is 2.06. The molecule has 110 valence electrons. The lowest BCUT2D eigenvalue weighted by Crippen LogP contribution is -2.13. The Labute approximate surface area is 124 Å². The molecule has 4 nitrogen and oxygen atoms in total. The molecule has 20 heavy (non-hydrogen) atoms. The fourth-order valence-electron chi connectivity index (χ4n) is 1.85. The lowest BCUT2D eigenvalue weighted by molar-refractivity contribution is -0.137. The zero-order chi connectivity index (χ0) is 15.1. The number of unbranched alkanes of at least 4 members (excludes halogenated alkanes) is 2. The van der Waals surface area contributed by atoms with Gasteiger partial charge in [-0.3, -0.25) is 0 Å². The maximum Gasteiger partial charge on any atom is 0.336 e. The second-order valence-corrected chi connectivity index (χ2v) is 4.96. The van der Waals surface area contributed by atoms with E-state index in [-0.39, 0.29) is 10.7 Å². The average Bonchev–Trinajstić information content (AvgIpc) is 2.46. The largest absolute Gasteiger partial charge is 0.466 e. The lowest BCUT2D eigenvalue weighted by atomic mass is 10.0. The summed E-state index contributed by atoms with van der Waals surface area (Å²) in [6.45, 7) is 5.67. The first-order chi connectivity index (χ1) is 9.51. The van der Waals surface area contributed by atoms with Crippen LogP contribution in [0.25, 0.3) is 0 Å². The Morgan fingerprint density at radius 2 is 2.25 bits per heavy atom. The van der Waals surface area contributed by atoms with Crippen LogP contribution in [0.2, 0.25) is 5.15 Å². The number of esters is 1. The number of nitrogens with zero attached hydrogens (tertiary/aromatic N) is 1. The van der Waals surface area contributed by atoms with Crippen LogP contribution < -0.4 is 0 Å². The number of aromatic nitrogens is 1. The number of carbonyl (C=O) groups excluding carboxylic acids is 1. The highest BCUT2D eigenvalue weighted by Crippen LogP contribution is 2.27. The summed E-state index contributed by atoms with van der Waals surface area (Å²) in [4.78, 5) is 15.4. The molecule has 0 spiro atoms. The Kier molecular flexibility index (Phi) is 6.68. The van der Waals surface area contributed by atoms with E-state index in [1.54, 1.807) is 12.3 Å². The van der Waals surface area contributed by atoms with Crippen molar-refractivity contribution in [2.45, 2.75) is 38.7 Å². The molecule has 0 bridgehead atoms. The molecule has 1 N–H and O–H groups in total. The van der Waals surface area contributed by atoms with E-state index in [2.05, 4.69) is 23.2 Å². The number of ether oxygens (including phenoxy) is 1. The molecule has 1 aromatic rings. The zero-order valence-corrected chi connectivity index (χ0v) is 12.6. The first-order valence-electron chi connectivity index (χ1n) is 6.60. The molecule has 1 atom stereocenters. The summed E-state index contributed by atoms with van der Waals surface area (Å²) in [7, 11) is 1.24. The van der Waals surface area contributed by atoms with Crippen molar-refractivity contribution in [2.75, 3.05) is 7.11 Å². The monoisotopic (exact) mass is 297 g/mol. The highest BCUT2D eigenvalue weighted by molar-refractivity contribution is 6.30. The van der Waals surface area contributed by atoms with Gasteiger partial charge in [-0.15, -0.1) is 0 Å². The van der Waals surface area contributed by atoms with Gasteiger partial charge in [0.1, 0.15) is 11.3 Å². The van der Waals surface area contributed by atoms with Gasteiger partial charge in [0, 0.05) is 11.8 Å². The Hall–Kier alpha value is -1.39. The van der Waals surface area contributed by atoms with Crippen LogP contribution in [0, 0.1) is 0 Å². The Bertz CT molecular complexity index is 488.